The summed E-state index contributed by atoms with van der Waals surface area (Å²) in [5.74, 6) is 0.423. The number of likely N-dealkylation sites (tertiary alicyclic amines) is 1. The Labute approximate surface area is 130 Å². The van der Waals surface area contributed by atoms with Crippen molar-refractivity contribution in [2.75, 3.05) is 38.7 Å². The zero-order chi connectivity index (χ0) is 14.7. The van der Waals surface area contributed by atoms with Gasteiger partial charge in [0.15, 0.2) is 10.9 Å². The number of nitrogens with zero attached hydrogens (tertiary/aromatic N) is 1. The molecule has 0 aliphatic carbocycles. The molecule has 21 heavy (non-hydrogen) atoms. The zero-order valence-corrected chi connectivity index (χ0v) is 12.9. The highest BCUT2D eigenvalue weighted by atomic mass is 32.1. The molecule has 2 heterocycles. The Morgan fingerprint density at radius 2 is 1.90 bits per heavy atom. The van der Waals surface area contributed by atoms with Crippen LogP contribution in [0.5, 0.6) is 5.75 Å². The van der Waals surface area contributed by atoms with Crippen molar-refractivity contribution in [1.29, 1.82) is 0 Å². The van der Waals surface area contributed by atoms with E-state index in [-0.39, 0.29) is 5.79 Å². The van der Waals surface area contributed by atoms with Crippen molar-refractivity contribution in [1.82, 2.24) is 4.90 Å². The van der Waals surface area contributed by atoms with Gasteiger partial charge in [0, 0.05) is 25.9 Å². The molecule has 2 fully saturated rings. The lowest BCUT2D eigenvalue weighted by atomic mass is 10.0. The Balaban J connectivity index is 1.59. The number of piperidine rings is 1. The van der Waals surface area contributed by atoms with Crippen LogP contribution in [0.25, 0.3) is 0 Å². The summed E-state index contributed by atoms with van der Waals surface area (Å²) in [6.07, 6.45) is 1.70. The fraction of sp³-hybridized carbons (Fsp3) is 0.533. The smallest absolute Gasteiger partial charge is 0.173 e. The number of nitrogens with one attached hydrogen (secondary N) is 1. The summed E-state index contributed by atoms with van der Waals surface area (Å²) in [6, 6.07) is 7.77. The van der Waals surface area contributed by atoms with Gasteiger partial charge in [0.1, 0.15) is 5.75 Å². The number of ether oxygens (including phenoxy) is 3. The molecule has 0 amide bonds. The summed E-state index contributed by atoms with van der Waals surface area (Å²) in [6.45, 7) is 3.07. The van der Waals surface area contributed by atoms with Gasteiger partial charge >= 0.3 is 0 Å². The van der Waals surface area contributed by atoms with Crippen LogP contribution in [-0.4, -0.2) is 49.2 Å². The number of hydrogen-bond donors (Lipinski definition) is 1. The van der Waals surface area contributed by atoms with Gasteiger partial charge in [-0.1, -0.05) is 12.1 Å². The van der Waals surface area contributed by atoms with Gasteiger partial charge in [-0.3, -0.25) is 0 Å². The van der Waals surface area contributed by atoms with Crippen molar-refractivity contribution in [3.8, 4) is 5.75 Å². The molecule has 0 unspecified atom stereocenters. The molecule has 0 atom stereocenters. The molecule has 2 aliphatic rings. The minimum atomic E-state index is -0.365. The predicted molar refractivity (Wildman–Crippen MR) is 84.7 cm³/mol. The third kappa shape index (κ3) is 3.12. The maximum Gasteiger partial charge on any atom is 0.173 e. The van der Waals surface area contributed by atoms with E-state index < -0.39 is 0 Å². The van der Waals surface area contributed by atoms with Crippen molar-refractivity contribution < 1.29 is 14.2 Å². The van der Waals surface area contributed by atoms with Crippen molar-refractivity contribution in [3.05, 3.63) is 24.3 Å². The average Bonchev–Trinajstić information content (AvgIpc) is 2.96. The minimum Gasteiger partial charge on any atom is -0.495 e. The Morgan fingerprint density at radius 1 is 1.24 bits per heavy atom. The van der Waals surface area contributed by atoms with E-state index in [1.54, 1.807) is 7.11 Å². The second-order valence-electron chi connectivity index (χ2n) is 5.23. The number of hydrogen-bond acceptors (Lipinski definition) is 4. The molecule has 2 saturated heterocycles. The lowest BCUT2D eigenvalue weighted by Crippen LogP contribution is -2.48. The van der Waals surface area contributed by atoms with Crippen LogP contribution in [-0.2, 0) is 9.47 Å². The molecule has 2 aliphatic heterocycles. The molecule has 5 nitrogen and oxygen atoms in total. The van der Waals surface area contributed by atoms with Gasteiger partial charge in [-0.05, 0) is 24.4 Å². The van der Waals surface area contributed by atoms with Gasteiger partial charge in [0.2, 0.25) is 0 Å². The molecule has 1 aromatic rings. The number of benzene rings is 1. The van der Waals surface area contributed by atoms with Crippen molar-refractivity contribution in [2.45, 2.75) is 18.6 Å². The molecular formula is C15H20N2O3S. The number of anilines is 1. The zero-order valence-electron chi connectivity index (χ0n) is 12.1. The maximum absolute atomic E-state index is 5.73. The van der Waals surface area contributed by atoms with E-state index in [1.807, 2.05) is 24.3 Å². The monoisotopic (exact) mass is 308 g/mol. The summed E-state index contributed by atoms with van der Waals surface area (Å²) in [5.41, 5.74) is 0.888. The largest absolute Gasteiger partial charge is 0.495 e. The van der Waals surface area contributed by atoms with Crippen molar-refractivity contribution in [3.63, 3.8) is 0 Å². The van der Waals surface area contributed by atoms with Crippen LogP contribution >= 0.6 is 12.2 Å². The van der Waals surface area contributed by atoms with Crippen LogP contribution in [0.4, 0.5) is 5.69 Å². The molecular weight excluding hydrogens is 288 g/mol. The normalized spacial score (nSPS) is 20.5. The Morgan fingerprint density at radius 3 is 2.57 bits per heavy atom. The summed E-state index contributed by atoms with van der Waals surface area (Å²) in [7, 11) is 1.66. The highest BCUT2D eigenvalue weighted by Crippen LogP contribution is 2.32. The molecule has 1 aromatic carbocycles. The van der Waals surface area contributed by atoms with E-state index in [0.717, 1.165) is 37.4 Å². The lowest BCUT2D eigenvalue weighted by Gasteiger charge is -2.38. The van der Waals surface area contributed by atoms with Gasteiger partial charge in [0.25, 0.3) is 0 Å². The third-order valence-corrected chi connectivity index (χ3v) is 4.33. The maximum atomic E-state index is 5.73. The van der Waals surface area contributed by atoms with E-state index >= 15 is 0 Å². The van der Waals surface area contributed by atoms with Gasteiger partial charge in [-0.2, -0.15) is 0 Å². The molecule has 0 aromatic heterocycles. The fourth-order valence-corrected chi connectivity index (χ4v) is 3.07. The number of rotatable bonds is 2. The van der Waals surface area contributed by atoms with E-state index in [4.69, 9.17) is 26.4 Å². The summed E-state index contributed by atoms with van der Waals surface area (Å²) in [5, 5.41) is 3.98. The van der Waals surface area contributed by atoms with E-state index in [0.29, 0.717) is 18.3 Å². The second kappa shape index (κ2) is 6.17. The molecule has 1 N–H and O–H groups in total. The predicted octanol–water partition coefficient (Wildman–Crippen LogP) is 2.23. The van der Waals surface area contributed by atoms with Crippen LogP contribution in [0.3, 0.4) is 0 Å². The summed E-state index contributed by atoms with van der Waals surface area (Å²) >= 11 is 5.50. The number of methoxy groups -OCH3 is 1. The summed E-state index contributed by atoms with van der Waals surface area (Å²) in [4.78, 5) is 2.15. The lowest BCUT2D eigenvalue weighted by molar-refractivity contribution is -0.180. The molecule has 0 saturated carbocycles. The van der Waals surface area contributed by atoms with Gasteiger partial charge in [-0.15, -0.1) is 0 Å². The van der Waals surface area contributed by atoms with Crippen molar-refractivity contribution in [2.24, 2.45) is 0 Å². The molecule has 114 valence electrons. The highest BCUT2D eigenvalue weighted by Gasteiger charge is 2.40. The Hall–Kier alpha value is -1.37. The van der Waals surface area contributed by atoms with Crippen LogP contribution in [0.15, 0.2) is 24.3 Å². The Bertz CT molecular complexity index is 507. The SMILES string of the molecule is COc1ccccc1NC(=S)N1CCC2(CC1)OCCO2. The first-order valence-electron chi connectivity index (χ1n) is 7.19. The molecule has 0 radical (unpaired) electrons. The fourth-order valence-electron chi connectivity index (χ4n) is 2.78. The van der Waals surface area contributed by atoms with Crippen LogP contribution in [0.2, 0.25) is 0 Å². The first-order valence-corrected chi connectivity index (χ1v) is 7.60. The standard InChI is InChI=1S/C15H20N2O3S/c1-18-13-5-3-2-4-12(13)16-14(21)17-8-6-15(7-9-17)19-10-11-20-15/h2-5H,6-11H2,1H3,(H,16,21). The van der Waals surface area contributed by atoms with Crippen molar-refractivity contribution >= 4 is 23.0 Å². The topological polar surface area (TPSA) is 43.0 Å². The molecule has 1 spiro atoms. The molecule has 0 bridgehead atoms. The summed E-state index contributed by atoms with van der Waals surface area (Å²) < 4.78 is 16.8. The van der Waals surface area contributed by atoms with Gasteiger partial charge < -0.3 is 24.4 Å². The first-order chi connectivity index (χ1) is 10.2. The van der Waals surface area contributed by atoms with E-state index in [9.17, 15) is 0 Å². The van der Waals surface area contributed by atoms with Crippen LogP contribution in [0.1, 0.15) is 12.8 Å². The number of para-hydroxylation sites is 2. The minimum absolute atomic E-state index is 0.365. The molecule has 6 heteroatoms. The van der Waals surface area contributed by atoms with Gasteiger partial charge in [0.05, 0.1) is 26.0 Å². The number of thiocarbonyl (C=S) groups is 1. The average molecular weight is 308 g/mol. The highest BCUT2D eigenvalue weighted by molar-refractivity contribution is 7.80. The van der Waals surface area contributed by atoms with E-state index in [2.05, 4.69) is 10.2 Å². The molecule has 3 rings (SSSR count). The quantitative estimate of drug-likeness (QED) is 0.845. The van der Waals surface area contributed by atoms with Crippen LogP contribution in [0, 0.1) is 0 Å². The Kier molecular flexibility index (Phi) is 4.28. The third-order valence-electron chi connectivity index (χ3n) is 3.97. The van der Waals surface area contributed by atoms with E-state index in [1.165, 1.54) is 0 Å². The second-order valence-corrected chi connectivity index (χ2v) is 5.61. The van der Waals surface area contributed by atoms with Gasteiger partial charge in [-0.25, -0.2) is 0 Å². The first kappa shape index (κ1) is 14.6. The van der Waals surface area contributed by atoms with Crippen LogP contribution < -0.4 is 10.1 Å².